The average Bonchev–Trinajstić information content (AvgIpc) is 2.85. The van der Waals surface area contributed by atoms with E-state index in [1.54, 1.807) is 12.0 Å². The molecule has 33 heavy (non-hydrogen) atoms. The Labute approximate surface area is 191 Å². The van der Waals surface area contributed by atoms with Crippen molar-refractivity contribution in [1.82, 2.24) is 15.1 Å². The standard InChI is InChI=1S/C25H26N4O4/c1-33-20-9-7-19(8-10-20)18-5-3-17(4-6-18)15-25(24(26)32)13-2-14-29(16-25)23(31)21-11-12-22(30)28-27-21/h3-12H,2,13-16H2,1H3,(H2,26,32)(H,28,30)/t25-/m1/s1. The van der Waals surface area contributed by atoms with E-state index < -0.39 is 11.3 Å². The summed E-state index contributed by atoms with van der Waals surface area (Å²) in [7, 11) is 1.63. The number of H-pyrrole nitrogens is 1. The van der Waals surface area contributed by atoms with Crippen LogP contribution >= 0.6 is 0 Å². The molecule has 8 heteroatoms. The number of nitrogens with two attached hydrogens (primary N) is 1. The van der Waals surface area contributed by atoms with Crippen molar-refractivity contribution in [3.8, 4) is 16.9 Å². The monoisotopic (exact) mass is 446 g/mol. The number of likely N-dealkylation sites (tertiary alicyclic amines) is 1. The molecule has 170 valence electrons. The number of aromatic nitrogens is 2. The van der Waals surface area contributed by atoms with Crippen LogP contribution < -0.4 is 16.0 Å². The number of hydrogen-bond donors (Lipinski definition) is 2. The number of carbonyl (C=O) groups is 2. The Morgan fingerprint density at radius 3 is 2.30 bits per heavy atom. The highest BCUT2D eigenvalue weighted by Gasteiger charge is 2.42. The number of primary amides is 1. The maximum Gasteiger partial charge on any atom is 0.274 e. The summed E-state index contributed by atoms with van der Waals surface area (Å²) < 4.78 is 5.21. The van der Waals surface area contributed by atoms with Crippen LogP contribution in [-0.2, 0) is 11.2 Å². The van der Waals surface area contributed by atoms with Gasteiger partial charge in [0.25, 0.3) is 11.5 Å². The van der Waals surface area contributed by atoms with E-state index in [2.05, 4.69) is 10.2 Å². The van der Waals surface area contributed by atoms with Crippen molar-refractivity contribution in [1.29, 1.82) is 0 Å². The average molecular weight is 447 g/mol. The Kier molecular flexibility index (Phi) is 6.26. The number of methoxy groups -OCH3 is 1. The van der Waals surface area contributed by atoms with Crippen molar-refractivity contribution in [3.63, 3.8) is 0 Å². The first-order valence-corrected chi connectivity index (χ1v) is 10.8. The molecule has 1 aliphatic rings. The largest absolute Gasteiger partial charge is 0.497 e. The minimum atomic E-state index is -0.863. The predicted octanol–water partition coefficient (Wildman–Crippen LogP) is 2.40. The minimum absolute atomic E-state index is 0.138. The lowest BCUT2D eigenvalue weighted by molar-refractivity contribution is -0.130. The highest BCUT2D eigenvalue weighted by Crippen LogP contribution is 2.35. The normalized spacial score (nSPS) is 18.0. The molecule has 2 aromatic carbocycles. The van der Waals surface area contributed by atoms with Gasteiger partial charge in [0, 0.05) is 19.2 Å². The van der Waals surface area contributed by atoms with E-state index in [1.165, 1.54) is 12.1 Å². The third-order valence-corrected chi connectivity index (χ3v) is 6.20. The molecule has 0 saturated carbocycles. The molecule has 1 aromatic heterocycles. The second-order valence-corrected chi connectivity index (χ2v) is 8.38. The summed E-state index contributed by atoms with van der Waals surface area (Å²) >= 11 is 0. The zero-order valence-electron chi connectivity index (χ0n) is 18.4. The fourth-order valence-electron chi connectivity index (χ4n) is 4.35. The fourth-order valence-corrected chi connectivity index (χ4v) is 4.35. The van der Waals surface area contributed by atoms with Gasteiger partial charge in [-0.2, -0.15) is 5.10 Å². The molecule has 1 saturated heterocycles. The minimum Gasteiger partial charge on any atom is -0.497 e. The summed E-state index contributed by atoms with van der Waals surface area (Å²) in [4.78, 5) is 38.3. The van der Waals surface area contributed by atoms with E-state index in [9.17, 15) is 14.4 Å². The van der Waals surface area contributed by atoms with Crippen LogP contribution in [-0.4, -0.2) is 47.1 Å². The topological polar surface area (TPSA) is 118 Å². The summed E-state index contributed by atoms with van der Waals surface area (Å²) in [5.41, 5.74) is 7.86. The van der Waals surface area contributed by atoms with Gasteiger partial charge in [-0.1, -0.05) is 36.4 Å². The van der Waals surface area contributed by atoms with Crippen molar-refractivity contribution < 1.29 is 14.3 Å². The highest BCUT2D eigenvalue weighted by atomic mass is 16.5. The third-order valence-electron chi connectivity index (χ3n) is 6.20. The van der Waals surface area contributed by atoms with Crippen LogP contribution in [0.25, 0.3) is 11.1 Å². The van der Waals surface area contributed by atoms with E-state index in [0.717, 1.165) is 22.4 Å². The Morgan fingerprint density at radius 2 is 1.73 bits per heavy atom. The van der Waals surface area contributed by atoms with Crippen molar-refractivity contribution in [3.05, 3.63) is 82.3 Å². The maximum absolute atomic E-state index is 12.9. The zero-order chi connectivity index (χ0) is 23.4. The first-order valence-electron chi connectivity index (χ1n) is 10.8. The number of nitrogens with zero attached hydrogens (tertiary/aromatic N) is 2. The second kappa shape index (κ2) is 9.28. The van der Waals surface area contributed by atoms with Crippen molar-refractivity contribution in [2.45, 2.75) is 19.3 Å². The maximum atomic E-state index is 12.9. The lowest BCUT2D eigenvalue weighted by atomic mass is 9.74. The molecule has 0 aliphatic carbocycles. The number of ether oxygens (including phenoxy) is 1. The van der Waals surface area contributed by atoms with Gasteiger partial charge in [-0.25, -0.2) is 5.10 Å². The van der Waals surface area contributed by atoms with E-state index in [1.807, 2.05) is 48.5 Å². The molecule has 4 rings (SSSR count). The fraction of sp³-hybridized carbons (Fsp3) is 0.280. The number of nitrogens with one attached hydrogen (secondary N) is 1. The van der Waals surface area contributed by atoms with Crippen molar-refractivity contribution >= 4 is 11.8 Å². The molecular formula is C25H26N4O4. The van der Waals surface area contributed by atoms with Crippen LogP contribution in [0.1, 0.15) is 28.9 Å². The number of aromatic amines is 1. The molecule has 8 nitrogen and oxygen atoms in total. The molecule has 1 aliphatic heterocycles. The molecule has 3 N–H and O–H groups in total. The van der Waals surface area contributed by atoms with Gasteiger partial charge in [0.1, 0.15) is 11.4 Å². The molecular weight excluding hydrogens is 420 g/mol. The van der Waals surface area contributed by atoms with Gasteiger partial charge < -0.3 is 15.4 Å². The van der Waals surface area contributed by atoms with E-state index in [4.69, 9.17) is 10.5 Å². The summed E-state index contributed by atoms with van der Waals surface area (Å²) in [6, 6.07) is 18.5. The van der Waals surface area contributed by atoms with Gasteiger partial charge in [-0.05, 0) is 54.2 Å². The first kappa shape index (κ1) is 22.3. The Bertz CT molecular complexity index is 1180. The number of piperidine rings is 1. The van der Waals surface area contributed by atoms with Crippen molar-refractivity contribution in [2.75, 3.05) is 20.2 Å². The molecule has 3 aromatic rings. The van der Waals surface area contributed by atoms with Crippen LogP contribution in [0.3, 0.4) is 0 Å². The summed E-state index contributed by atoms with van der Waals surface area (Å²) in [6.07, 6.45) is 1.70. The van der Waals surface area contributed by atoms with Crippen LogP contribution in [0.15, 0.2) is 65.5 Å². The molecule has 2 heterocycles. The third kappa shape index (κ3) is 4.79. The lowest BCUT2D eigenvalue weighted by Gasteiger charge is -2.40. The van der Waals surface area contributed by atoms with Crippen LogP contribution in [0.2, 0.25) is 0 Å². The first-order chi connectivity index (χ1) is 15.9. The number of rotatable bonds is 6. The zero-order valence-corrected chi connectivity index (χ0v) is 18.4. The molecule has 0 unspecified atom stereocenters. The number of benzene rings is 2. The Balaban J connectivity index is 1.52. The Hall–Kier alpha value is -3.94. The number of amides is 2. The quantitative estimate of drug-likeness (QED) is 0.603. The molecule has 1 atom stereocenters. The predicted molar refractivity (Wildman–Crippen MR) is 124 cm³/mol. The van der Waals surface area contributed by atoms with Crippen LogP contribution in [0, 0.1) is 5.41 Å². The Morgan fingerprint density at radius 1 is 1.06 bits per heavy atom. The van der Waals surface area contributed by atoms with Gasteiger partial charge in [0.05, 0.1) is 12.5 Å². The van der Waals surface area contributed by atoms with Gasteiger partial charge in [0.2, 0.25) is 5.91 Å². The highest BCUT2D eigenvalue weighted by molar-refractivity contribution is 5.93. The van der Waals surface area contributed by atoms with Crippen LogP contribution in [0.4, 0.5) is 0 Å². The SMILES string of the molecule is COc1ccc(-c2ccc(C[C@]3(C(N)=O)CCCN(C(=O)c4ccc(=O)[nH]n4)C3)cc2)cc1. The van der Waals surface area contributed by atoms with Gasteiger partial charge in [-0.3, -0.25) is 14.4 Å². The molecule has 0 radical (unpaired) electrons. The van der Waals surface area contributed by atoms with E-state index >= 15 is 0 Å². The van der Waals surface area contributed by atoms with E-state index in [0.29, 0.717) is 25.8 Å². The lowest BCUT2D eigenvalue weighted by Crippen LogP contribution is -2.53. The van der Waals surface area contributed by atoms with Gasteiger partial charge >= 0.3 is 0 Å². The summed E-state index contributed by atoms with van der Waals surface area (Å²) in [5.74, 6) is 0.0484. The summed E-state index contributed by atoms with van der Waals surface area (Å²) in [6.45, 7) is 0.716. The smallest absolute Gasteiger partial charge is 0.274 e. The summed E-state index contributed by atoms with van der Waals surface area (Å²) in [5, 5.41) is 6.10. The van der Waals surface area contributed by atoms with Gasteiger partial charge in [0.15, 0.2) is 0 Å². The van der Waals surface area contributed by atoms with E-state index in [-0.39, 0.29) is 23.7 Å². The van der Waals surface area contributed by atoms with Crippen LogP contribution in [0.5, 0.6) is 5.75 Å². The molecule has 0 bridgehead atoms. The van der Waals surface area contributed by atoms with Crippen molar-refractivity contribution in [2.24, 2.45) is 11.1 Å². The molecule has 0 spiro atoms. The number of carbonyl (C=O) groups excluding carboxylic acids is 2. The second-order valence-electron chi connectivity index (χ2n) is 8.38. The van der Waals surface area contributed by atoms with Gasteiger partial charge in [-0.15, -0.1) is 0 Å². The molecule has 2 amide bonds. The number of hydrogen-bond acceptors (Lipinski definition) is 5. The molecule has 1 fully saturated rings.